The molecule has 2 heterocycles. The summed E-state index contributed by atoms with van der Waals surface area (Å²) in [6.45, 7) is 4.69. The highest BCUT2D eigenvalue weighted by atomic mass is 32.2. The third-order valence-corrected chi connectivity index (χ3v) is 5.00. The predicted molar refractivity (Wildman–Crippen MR) is 82.3 cm³/mol. The topological polar surface area (TPSA) is 55.6 Å². The van der Waals surface area contributed by atoms with E-state index in [1.165, 1.54) is 17.9 Å². The van der Waals surface area contributed by atoms with E-state index in [0.717, 1.165) is 11.4 Å². The molecule has 1 fully saturated rings. The molecule has 2 aromatic rings. The molecule has 0 amide bonds. The number of hydrogen-bond acceptors (Lipinski definition) is 5. The maximum absolute atomic E-state index is 3.89. The van der Waals surface area contributed by atoms with E-state index in [1.807, 2.05) is 23.9 Å². The molecule has 1 unspecified atom stereocenters. The van der Waals surface area contributed by atoms with E-state index in [1.54, 1.807) is 11.0 Å². The molecule has 1 aromatic heterocycles. The van der Waals surface area contributed by atoms with Crippen molar-refractivity contribution in [2.24, 2.45) is 5.41 Å². The van der Waals surface area contributed by atoms with E-state index in [0.29, 0.717) is 11.5 Å². The van der Waals surface area contributed by atoms with Crippen molar-refractivity contribution < 1.29 is 0 Å². The highest BCUT2D eigenvalue weighted by Gasteiger charge is 2.32. The summed E-state index contributed by atoms with van der Waals surface area (Å²) in [5.74, 6) is 2.44. The Morgan fingerprint density at radius 1 is 1.30 bits per heavy atom. The lowest BCUT2D eigenvalue weighted by molar-refractivity contribution is 0.305. The lowest BCUT2D eigenvalue weighted by Gasteiger charge is -2.39. The quantitative estimate of drug-likeness (QED) is 0.941. The lowest BCUT2D eigenvalue weighted by atomic mass is 9.82. The van der Waals surface area contributed by atoms with E-state index < -0.39 is 0 Å². The van der Waals surface area contributed by atoms with Gasteiger partial charge in [-0.2, -0.15) is 11.8 Å². The smallest absolute Gasteiger partial charge is 0.143 e. The third kappa shape index (κ3) is 2.80. The minimum atomic E-state index is 0.347. The van der Waals surface area contributed by atoms with E-state index >= 15 is 0 Å². The van der Waals surface area contributed by atoms with Crippen LogP contribution in [0.15, 0.2) is 30.6 Å². The highest BCUT2D eigenvalue weighted by molar-refractivity contribution is 7.99. The molecule has 3 rings (SSSR count). The molecule has 1 aliphatic rings. The van der Waals surface area contributed by atoms with Crippen molar-refractivity contribution in [2.75, 3.05) is 16.8 Å². The molecule has 0 aliphatic carbocycles. The summed E-state index contributed by atoms with van der Waals surface area (Å²) in [5, 5.41) is 14.8. The van der Waals surface area contributed by atoms with Gasteiger partial charge in [0.25, 0.3) is 0 Å². The Morgan fingerprint density at radius 3 is 2.75 bits per heavy atom. The van der Waals surface area contributed by atoms with E-state index in [2.05, 4.69) is 46.8 Å². The van der Waals surface area contributed by atoms with Gasteiger partial charge in [-0.3, -0.25) is 0 Å². The van der Waals surface area contributed by atoms with Crippen molar-refractivity contribution in [1.29, 1.82) is 0 Å². The number of benzene rings is 1. The SMILES string of the molecule is CC1(C)CCSCC1Nc1ccc(-n2cnnn2)cc1. The highest BCUT2D eigenvalue weighted by Crippen LogP contribution is 2.36. The van der Waals surface area contributed by atoms with Gasteiger partial charge >= 0.3 is 0 Å². The van der Waals surface area contributed by atoms with Gasteiger partial charge in [0.2, 0.25) is 0 Å². The van der Waals surface area contributed by atoms with E-state index in [-0.39, 0.29) is 0 Å². The molecular formula is C14H19N5S. The maximum atomic E-state index is 3.89. The van der Waals surface area contributed by atoms with Crippen LogP contribution in [0, 0.1) is 5.41 Å². The largest absolute Gasteiger partial charge is 0.381 e. The molecule has 1 aromatic carbocycles. The zero-order valence-corrected chi connectivity index (χ0v) is 12.6. The van der Waals surface area contributed by atoms with E-state index in [4.69, 9.17) is 0 Å². The maximum Gasteiger partial charge on any atom is 0.143 e. The van der Waals surface area contributed by atoms with Crippen LogP contribution < -0.4 is 5.32 Å². The van der Waals surface area contributed by atoms with Crippen molar-refractivity contribution in [3.63, 3.8) is 0 Å². The molecule has 6 heteroatoms. The van der Waals surface area contributed by atoms with Crippen molar-refractivity contribution in [1.82, 2.24) is 20.2 Å². The molecule has 0 radical (unpaired) electrons. The number of anilines is 1. The van der Waals surface area contributed by atoms with Crippen LogP contribution in [0.25, 0.3) is 5.69 Å². The zero-order valence-electron chi connectivity index (χ0n) is 11.8. The van der Waals surface area contributed by atoms with Gasteiger partial charge in [0.05, 0.1) is 5.69 Å². The van der Waals surface area contributed by atoms with Gasteiger partial charge in [-0.1, -0.05) is 13.8 Å². The molecule has 1 aliphatic heterocycles. The van der Waals surface area contributed by atoms with Gasteiger partial charge < -0.3 is 5.32 Å². The summed E-state index contributed by atoms with van der Waals surface area (Å²) in [6.07, 6.45) is 2.86. The monoisotopic (exact) mass is 289 g/mol. The number of aromatic nitrogens is 4. The minimum Gasteiger partial charge on any atom is -0.381 e. The van der Waals surface area contributed by atoms with Crippen LogP contribution in [0.4, 0.5) is 5.69 Å². The Hall–Kier alpha value is -1.56. The van der Waals surface area contributed by atoms with Gasteiger partial charge in [-0.15, -0.1) is 5.10 Å². The van der Waals surface area contributed by atoms with E-state index in [9.17, 15) is 0 Å². The number of nitrogens with zero attached hydrogens (tertiary/aromatic N) is 4. The van der Waals surface area contributed by atoms with Gasteiger partial charge in [-0.25, -0.2) is 4.68 Å². The summed E-state index contributed by atoms with van der Waals surface area (Å²) in [6, 6.07) is 8.75. The molecular weight excluding hydrogens is 270 g/mol. The van der Waals surface area contributed by atoms with Crippen LogP contribution in [0.3, 0.4) is 0 Å². The van der Waals surface area contributed by atoms with Crippen molar-refractivity contribution in [2.45, 2.75) is 26.3 Å². The molecule has 0 saturated carbocycles. The first kappa shape index (κ1) is 13.4. The fraction of sp³-hybridized carbons (Fsp3) is 0.500. The number of thioether (sulfide) groups is 1. The molecule has 0 bridgehead atoms. The molecule has 20 heavy (non-hydrogen) atoms. The third-order valence-electron chi connectivity index (χ3n) is 3.94. The summed E-state index contributed by atoms with van der Waals surface area (Å²) in [7, 11) is 0. The summed E-state index contributed by atoms with van der Waals surface area (Å²) < 4.78 is 1.66. The Bertz CT molecular complexity index is 549. The Labute approximate surface area is 123 Å². The van der Waals surface area contributed by atoms with Gasteiger partial charge in [0.15, 0.2) is 0 Å². The molecule has 1 N–H and O–H groups in total. The summed E-state index contributed by atoms with van der Waals surface area (Å²) >= 11 is 2.03. The van der Waals surface area contributed by atoms with Gasteiger partial charge in [0, 0.05) is 17.5 Å². The summed E-state index contributed by atoms with van der Waals surface area (Å²) in [4.78, 5) is 0. The van der Waals surface area contributed by atoms with Crippen LogP contribution in [0.1, 0.15) is 20.3 Å². The van der Waals surface area contributed by atoms with Crippen molar-refractivity contribution >= 4 is 17.4 Å². The van der Waals surface area contributed by atoms with Gasteiger partial charge in [0.1, 0.15) is 6.33 Å². The predicted octanol–water partition coefficient (Wildman–Crippen LogP) is 2.61. The first-order chi connectivity index (χ1) is 9.65. The Morgan fingerprint density at radius 2 is 2.10 bits per heavy atom. The average Bonchev–Trinajstić information content (AvgIpc) is 2.96. The lowest BCUT2D eigenvalue weighted by Crippen LogP contribution is -2.41. The van der Waals surface area contributed by atoms with Crippen molar-refractivity contribution in [3.05, 3.63) is 30.6 Å². The van der Waals surface area contributed by atoms with Crippen LogP contribution >= 0.6 is 11.8 Å². The second-order valence-corrected chi connectivity index (χ2v) is 6.96. The minimum absolute atomic E-state index is 0.347. The van der Waals surface area contributed by atoms with Crippen LogP contribution in [0.2, 0.25) is 0 Å². The molecule has 0 spiro atoms. The fourth-order valence-corrected chi connectivity index (χ4v) is 3.97. The first-order valence-electron chi connectivity index (χ1n) is 6.83. The number of hydrogen-bond donors (Lipinski definition) is 1. The number of nitrogens with one attached hydrogen (secondary N) is 1. The van der Waals surface area contributed by atoms with Crippen molar-refractivity contribution in [3.8, 4) is 5.69 Å². The molecule has 1 atom stereocenters. The standard InChI is InChI=1S/C14H19N5S/c1-14(2)7-8-20-9-13(14)16-11-3-5-12(6-4-11)19-10-15-17-18-19/h3-6,10,13,16H,7-9H2,1-2H3. The molecule has 106 valence electrons. The number of tetrazole rings is 1. The Balaban J connectivity index is 1.72. The summed E-state index contributed by atoms with van der Waals surface area (Å²) in [5.41, 5.74) is 2.47. The molecule has 1 saturated heterocycles. The zero-order chi connectivity index (χ0) is 14.0. The number of rotatable bonds is 3. The van der Waals surface area contributed by atoms with Crippen LogP contribution in [-0.2, 0) is 0 Å². The second kappa shape index (κ2) is 5.44. The first-order valence-corrected chi connectivity index (χ1v) is 7.98. The normalized spacial score (nSPS) is 21.6. The second-order valence-electron chi connectivity index (χ2n) is 5.81. The van der Waals surface area contributed by atoms with Crippen LogP contribution in [-0.4, -0.2) is 37.8 Å². The van der Waals surface area contributed by atoms with Crippen LogP contribution in [0.5, 0.6) is 0 Å². The Kier molecular flexibility index (Phi) is 3.65. The van der Waals surface area contributed by atoms with Gasteiger partial charge in [-0.05, 0) is 52.3 Å². The average molecular weight is 289 g/mol. The molecule has 5 nitrogen and oxygen atoms in total. The fourth-order valence-electron chi connectivity index (χ4n) is 2.36.